The number of fused-ring (bicyclic) bond motifs is 1. The first-order valence-electron chi connectivity index (χ1n) is 8.82. The summed E-state index contributed by atoms with van der Waals surface area (Å²) >= 11 is 0. The van der Waals surface area contributed by atoms with Crippen LogP contribution in [0.3, 0.4) is 0 Å². The Kier molecular flexibility index (Phi) is 5.79. The number of anilines is 1. The number of nitrogens with one attached hydrogen (secondary N) is 1. The maximum Gasteiger partial charge on any atom is 0.254 e. The second-order valence-corrected chi connectivity index (χ2v) is 6.71. The Morgan fingerprint density at radius 2 is 1.85 bits per heavy atom. The molecule has 0 unspecified atom stereocenters. The first kappa shape index (κ1) is 18.7. The van der Waals surface area contributed by atoms with Crippen molar-refractivity contribution in [3.63, 3.8) is 0 Å². The number of amides is 1. The Morgan fingerprint density at radius 1 is 1.08 bits per heavy atom. The first-order chi connectivity index (χ1) is 12.2. The fourth-order valence-electron chi connectivity index (χ4n) is 3.70. The highest BCUT2D eigenvalue weighted by Gasteiger charge is 2.23. The summed E-state index contributed by atoms with van der Waals surface area (Å²) in [7, 11) is 0. The molecule has 2 aliphatic rings. The minimum absolute atomic E-state index is 0. The molecule has 0 bridgehead atoms. The van der Waals surface area contributed by atoms with Crippen LogP contribution >= 0.6 is 12.4 Å². The van der Waals surface area contributed by atoms with Crippen LogP contribution in [-0.2, 0) is 13.0 Å². The van der Waals surface area contributed by atoms with Crippen molar-refractivity contribution in [2.45, 2.75) is 13.0 Å². The number of carbonyl (C=O) groups is 1. The Morgan fingerprint density at radius 3 is 2.62 bits per heavy atom. The second kappa shape index (κ2) is 8.06. The molecule has 2 aromatic rings. The van der Waals surface area contributed by atoms with E-state index in [-0.39, 0.29) is 24.1 Å². The summed E-state index contributed by atoms with van der Waals surface area (Å²) in [4.78, 5) is 16.7. The highest BCUT2D eigenvalue weighted by atomic mass is 35.5. The SMILES string of the molecule is Cl.O=C(c1cccc(F)c1)N1CCN(Cc2cccc3c2NCC3)CC1. The third-order valence-corrected chi connectivity index (χ3v) is 5.06. The molecule has 1 saturated heterocycles. The zero-order valence-electron chi connectivity index (χ0n) is 14.6. The van der Waals surface area contributed by atoms with Gasteiger partial charge in [0.15, 0.2) is 0 Å². The van der Waals surface area contributed by atoms with Crippen molar-refractivity contribution < 1.29 is 9.18 Å². The summed E-state index contributed by atoms with van der Waals surface area (Å²) in [5, 5.41) is 3.49. The topological polar surface area (TPSA) is 35.6 Å². The molecule has 2 aromatic carbocycles. The zero-order valence-corrected chi connectivity index (χ0v) is 15.4. The Bertz CT molecular complexity index is 790. The third-order valence-electron chi connectivity index (χ3n) is 5.06. The van der Waals surface area contributed by atoms with Gasteiger partial charge in [0.2, 0.25) is 0 Å². The molecule has 0 radical (unpaired) electrons. The largest absolute Gasteiger partial charge is 0.384 e. The monoisotopic (exact) mass is 375 g/mol. The predicted octanol–water partition coefficient (Wildman–Crippen LogP) is 3.17. The molecule has 0 aromatic heterocycles. The van der Waals surface area contributed by atoms with Gasteiger partial charge in [-0.1, -0.05) is 24.3 Å². The number of piperazine rings is 1. The van der Waals surface area contributed by atoms with Crippen LogP contribution in [0.25, 0.3) is 0 Å². The van der Waals surface area contributed by atoms with Crippen LogP contribution in [0.5, 0.6) is 0 Å². The van der Waals surface area contributed by atoms with Gasteiger partial charge in [0.05, 0.1) is 0 Å². The fraction of sp³-hybridized carbons (Fsp3) is 0.350. The number of benzene rings is 2. The predicted molar refractivity (Wildman–Crippen MR) is 103 cm³/mol. The minimum Gasteiger partial charge on any atom is -0.384 e. The van der Waals surface area contributed by atoms with E-state index in [1.807, 2.05) is 4.90 Å². The van der Waals surface area contributed by atoms with Gasteiger partial charge in [-0.3, -0.25) is 9.69 Å². The quantitative estimate of drug-likeness (QED) is 0.895. The van der Waals surface area contributed by atoms with E-state index in [9.17, 15) is 9.18 Å². The van der Waals surface area contributed by atoms with Gasteiger partial charge in [0.1, 0.15) is 5.82 Å². The van der Waals surface area contributed by atoms with Crippen molar-refractivity contribution in [3.05, 3.63) is 65.0 Å². The highest BCUT2D eigenvalue weighted by Crippen LogP contribution is 2.27. The molecule has 6 heteroatoms. The molecule has 0 saturated carbocycles. The van der Waals surface area contributed by atoms with Gasteiger partial charge in [-0.05, 0) is 35.7 Å². The van der Waals surface area contributed by atoms with E-state index in [1.165, 1.54) is 28.9 Å². The lowest BCUT2D eigenvalue weighted by Crippen LogP contribution is -2.48. The molecule has 2 heterocycles. The van der Waals surface area contributed by atoms with E-state index < -0.39 is 0 Å². The van der Waals surface area contributed by atoms with Crippen LogP contribution in [-0.4, -0.2) is 48.4 Å². The molecule has 138 valence electrons. The van der Waals surface area contributed by atoms with Gasteiger partial charge in [-0.15, -0.1) is 12.4 Å². The fourth-order valence-corrected chi connectivity index (χ4v) is 3.70. The molecular weight excluding hydrogens is 353 g/mol. The number of nitrogens with zero attached hydrogens (tertiary/aromatic N) is 2. The molecule has 4 rings (SSSR count). The first-order valence-corrected chi connectivity index (χ1v) is 8.82. The molecule has 1 amide bonds. The Labute approximate surface area is 159 Å². The standard InChI is InChI=1S/C20H22FN3O.ClH/c21-18-6-2-4-16(13-18)20(25)24-11-9-23(10-12-24)14-17-5-1-3-15-7-8-22-19(15)17;/h1-6,13,22H,7-12,14H2;1H. The maximum absolute atomic E-state index is 13.3. The van der Waals surface area contributed by atoms with E-state index in [0.717, 1.165) is 32.6 Å². The summed E-state index contributed by atoms with van der Waals surface area (Å²) in [6, 6.07) is 12.4. The minimum atomic E-state index is -0.366. The number of para-hydroxylation sites is 1. The van der Waals surface area contributed by atoms with E-state index in [0.29, 0.717) is 18.7 Å². The van der Waals surface area contributed by atoms with Crippen LogP contribution in [0.2, 0.25) is 0 Å². The normalized spacial score (nSPS) is 16.6. The van der Waals surface area contributed by atoms with E-state index in [4.69, 9.17) is 0 Å². The molecule has 4 nitrogen and oxygen atoms in total. The summed E-state index contributed by atoms with van der Waals surface area (Å²) in [5.41, 5.74) is 4.46. The number of halogens is 2. The van der Waals surface area contributed by atoms with Crippen molar-refractivity contribution >= 4 is 24.0 Å². The summed E-state index contributed by atoms with van der Waals surface area (Å²) < 4.78 is 13.3. The van der Waals surface area contributed by atoms with Crippen molar-refractivity contribution in [2.75, 3.05) is 38.0 Å². The molecule has 0 aliphatic carbocycles. The van der Waals surface area contributed by atoms with Crippen LogP contribution < -0.4 is 5.32 Å². The highest BCUT2D eigenvalue weighted by molar-refractivity contribution is 5.94. The van der Waals surface area contributed by atoms with Crippen LogP contribution in [0.15, 0.2) is 42.5 Å². The Hall–Kier alpha value is -2.11. The van der Waals surface area contributed by atoms with Gasteiger partial charge < -0.3 is 10.2 Å². The molecule has 0 atom stereocenters. The summed E-state index contributed by atoms with van der Waals surface area (Å²) in [5.74, 6) is -0.448. The molecule has 2 aliphatic heterocycles. The molecular formula is C20H23ClFN3O. The van der Waals surface area contributed by atoms with E-state index >= 15 is 0 Å². The van der Waals surface area contributed by atoms with Gasteiger partial charge in [-0.2, -0.15) is 0 Å². The van der Waals surface area contributed by atoms with Crippen LogP contribution in [0.4, 0.5) is 10.1 Å². The number of hydrogen-bond acceptors (Lipinski definition) is 3. The number of hydrogen-bond donors (Lipinski definition) is 1. The number of carbonyl (C=O) groups excluding carboxylic acids is 1. The molecule has 1 N–H and O–H groups in total. The number of rotatable bonds is 3. The molecule has 26 heavy (non-hydrogen) atoms. The second-order valence-electron chi connectivity index (χ2n) is 6.71. The van der Waals surface area contributed by atoms with Gasteiger partial charge in [-0.25, -0.2) is 4.39 Å². The molecule has 0 spiro atoms. The average Bonchev–Trinajstić information content (AvgIpc) is 3.12. The lowest BCUT2D eigenvalue weighted by atomic mass is 10.1. The zero-order chi connectivity index (χ0) is 17.2. The summed E-state index contributed by atoms with van der Waals surface area (Å²) in [6.07, 6.45) is 1.10. The summed E-state index contributed by atoms with van der Waals surface area (Å²) in [6.45, 7) is 4.95. The smallest absolute Gasteiger partial charge is 0.254 e. The van der Waals surface area contributed by atoms with E-state index in [2.05, 4.69) is 28.4 Å². The molecule has 1 fully saturated rings. The van der Waals surface area contributed by atoms with Gasteiger partial charge in [0.25, 0.3) is 5.91 Å². The Balaban J connectivity index is 0.00000196. The van der Waals surface area contributed by atoms with E-state index in [1.54, 1.807) is 12.1 Å². The van der Waals surface area contributed by atoms with Gasteiger partial charge >= 0.3 is 0 Å². The maximum atomic E-state index is 13.3. The lowest BCUT2D eigenvalue weighted by molar-refractivity contribution is 0.0628. The van der Waals surface area contributed by atoms with Crippen molar-refractivity contribution in [3.8, 4) is 0 Å². The van der Waals surface area contributed by atoms with Gasteiger partial charge in [0, 0.05) is 50.5 Å². The van der Waals surface area contributed by atoms with Crippen molar-refractivity contribution in [1.82, 2.24) is 9.80 Å². The lowest BCUT2D eigenvalue weighted by Gasteiger charge is -2.35. The van der Waals surface area contributed by atoms with Crippen LogP contribution in [0.1, 0.15) is 21.5 Å². The van der Waals surface area contributed by atoms with Crippen molar-refractivity contribution in [1.29, 1.82) is 0 Å². The van der Waals surface area contributed by atoms with Crippen molar-refractivity contribution in [2.24, 2.45) is 0 Å². The van der Waals surface area contributed by atoms with Crippen LogP contribution in [0, 0.1) is 5.82 Å². The third kappa shape index (κ3) is 3.84. The average molecular weight is 376 g/mol.